The fourth-order valence-electron chi connectivity index (χ4n) is 3.21. The first kappa shape index (κ1) is 21.2. The van der Waals surface area contributed by atoms with E-state index in [1.165, 1.54) is 0 Å². The molecule has 0 aliphatic heterocycles. The molecule has 5 nitrogen and oxygen atoms in total. The fourth-order valence-corrected chi connectivity index (χ4v) is 3.21. The van der Waals surface area contributed by atoms with Crippen LogP contribution < -0.4 is 18.9 Å². The molecule has 0 saturated carbocycles. The molecule has 1 heterocycles. The van der Waals surface area contributed by atoms with Gasteiger partial charge < -0.3 is 18.9 Å². The Morgan fingerprint density at radius 2 is 1.06 bits per heavy atom. The molecule has 0 bridgehead atoms. The van der Waals surface area contributed by atoms with Crippen molar-refractivity contribution in [2.24, 2.45) is 0 Å². The molecule has 5 heteroatoms. The maximum atomic E-state index is 5.69. The third kappa shape index (κ3) is 5.38. The minimum absolute atomic E-state index is 0.127. The van der Waals surface area contributed by atoms with E-state index in [1.807, 2.05) is 92.0 Å². The van der Waals surface area contributed by atoms with Crippen LogP contribution in [0.1, 0.15) is 6.92 Å². The molecule has 1 aromatic heterocycles. The molecule has 3 aromatic carbocycles. The zero-order chi connectivity index (χ0) is 22.2. The predicted molar refractivity (Wildman–Crippen MR) is 125 cm³/mol. The lowest BCUT2D eigenvalue weighted by atomic mass is 10.1. The average Bonchev–Trinajstić information content (AvgIpc) is 2.86. The van der Waals surface area contributed by atoms with Gasteiger partial charge in [0.25, 0.3) is 0 Å². The van der Waals surface area contributed by atoms with Gasteiger partial charge in [-0.05, 0) is 79.2 Å². The summed E-state index contributed by atoms with van der Waals surface area (Å²) in [5, 5.41) is 0. The summed E-state index contributed by atoms with van der Waals surface area (Å²) in [7, 11) is 1.66. The van der Waals surface area contributed by atoms with E-state index in [9.17, 15) is 0 Å². The highest BCUT2D eigenvalue weighted by Gasteiger charge is 2.04. The molecule has 0 radical (unpaired) electrons. The number of benzene rings is 3. The van der Waals surface area contributed by atoms with Crippen molar-refractivity contribution >= 4 is 0 Å². The smallest absolute Gasteiger partial charge is 0.230 e. The monoisotopic (exact) mass is 427 g/mol. The van der Waals surface area contributed by atoms with Crippen molar-refractivity contribution in [3.63, 3.8) is 0 Å². The van der Waals surface area contributed by atoms with Crippen LogP contribution in [0.2, 0.25) is 0 Å². The van der Waals surface area contributed by atoms with Gasteiger partial charge in [0.15, 0.2) is 0 Å². The number of nitrogens with zero attached hydrogens (tertiary/aromatic N) is 1. The van der Waals surface area contributed by atoms with Gasteiger partial charge >= 0.3 is 0 Å². The first-order valence-electron chi connectivity index (χ1n) is 10.4. The SMILES string of the molecule is CCOc1ccc(OCOc2ccc(-c3ccc(-c4ccc(OC)cc4)cn3)cc2)cc1. The van der Waals surface area contributed by atoms with Gasteiger partial charge in [0.2, 0.25) is 6.79 Å². The van der Waals surface area contributed by atoms with Crippen molar-refractivity contribution in [1.82, 2.24) is 4.98 Å². The van der Waals surface area contributed by atoms with Gasteiger partial charge in [-0.2, -0.15) is 0 Å². The van der Waals surface area contributed by atoms with Crippen molar-refractivity contribution in [2.45, 2.75) is 6.92 Å². The molecule has 4 rings (SSSR count). The Morgan fingerprint density at radius 1 is 0.562 bits per heavy atom. The van der Waals surface area contributed by atoms with E-state index < -0.39 is 0 Å². The minimum atomic E-state index is 0.127. The normalized spacial score (nSPS) is 10.4. The van der Waals surface area contributed by atoms with Crippen LogP contribution in [0.4, 0.5) is 0 Å². The first-order chi connectivity index (χ1) is 15.7. The second-order valence-corrected chi connectivity index (χ2v) is 7.00. The molecule has 0 unspecified atom stereocenters. The van der Waals surface area contributed by atoms with Crippen LogP contribution in [0.15, 0.2) is 91.1 Å². The fraction of sp³-hybridized carbons (Fsp3) is 0.148. The van der Waals surface area contributed by atoms with E-state index in [-0.39, 0.29) is 6.79 Å². The van der Waals surface area contributed by atoms with Crippen LogP contribution >= 0.6 is 0 Å². The molecule has 0 amide bonds. The van der Waals surface area contributed by atoms with Crippen LogP contribution in [0, 0.1) is 0 Å². The third-order valence-corrected chi connectivity index (χ3v) is 4.92. The summed E-state index contributed by atoms with van der Waals surface area (Å²) >= 11 is 0. The quantitative estimate of drug-likeness (QED) is 0.296. The molecule has 0 atom stereocenters. The number of aromatic nitrogens is 1. The van der Waals surface area contributed by atoms with Crippen LogP contribution in [0.25, 0.3) is 22.4 Å². The Morgan fingerprint density at radius 3 is 1.59 bits per heavy atom. The van der Waals surface area contributed by atoms with E-state index in [1.54, 1.807) is 7.11 Å². The highest BCUT2D eigenvalue weighted by molar-refractivity contribution is 5.67. The lowest BCUT2D eigenvalue weighted by molar-refractivity contribution is 0.120. The van der Waals surface area contributed by atoms with Crippen molar-refractivity contribution in [2.75, 3.05) is 20.5 Å². The van der Waals surface area contributed by atoms with E-state index in [0.29, 0.717) is 6.61 Å². The summed E-state index contributed by atoms with van der Waals surface area (Å²) in [6, 6.07) is 27.3. The second-order valence-electron chi connectivity index (χ2n) is 7.00. The number of pyridine rings is 1. The van der Waals surface area contributed by atoms with Crippen molar-refractivity contribution in [1.29, 1.82) is 0 Å². The van der Waals surface area contributed by atoms with Crippen molar-refractivity contribution in [3.05, 3.63) is 91.1 Å². The van der Waals surface area contributed by atoms with Crippen LogP contribution in [0.3, 0.4) is 0 Å². The number of ether oxygens (including phenoxy) is 4. The van der Waals surface area contributed by atoms with Crippen LogP contribution in [-0.4, -0.2) is 25.5 Å². The summed E-state index contributed by atoms with van der Waals surface area (Å²) in [5.74, 6) is 3.12. The Hall–Kier alpha value is -3.99. The summed E-state index contributed by atoms with van der Waals surface area (Å²) in [6.07, 6.45) is 1.88. The van der Waals surface area contributed by atoms with Crippen LogP contribution in [0.5, 0.6) is 23.0 Å². The number of rotatable bonds is 9. The molecule has 0 N–H and O–H groups in total. The molecule has 162 valence electrons. The third-order valence-electron chi connectivity index (χ3n) is 4.92. The zero-order valence-electron chi connectivity index (χ0n) is 18.2. The summed E-state index contributed by atoms with van der Waals surface area (Å²) in [6.45, 7) is 2.72. The van der Waals surface area contributed by atoms with Gasteiger partial charge in [0.05, 0.1) is 19.4 Å². The van der Waals surface area contributed by atoms with Crippen LogP contribution in [-0.2, 0) is 0 Å². The molecular weight excluding hydrogens is 402 g/mol. The van der Waals surface area contributed by atoms with Gasteiger partial charge in [0, 0.05) is 17.3 Å². The molecule has 32 heavy (non-hydrogen) atoms. The van der Waals surface area contributed by atoms with Gasteiger partial charge in [-0.1, -0.05) is 18.2 Å². The largest absolute Gasteiger partial charge is 0.497 e. The topological polar surface area (TPSA) is 49.8 Å². The second kappa shape index (κ2) is 10.4. The molecular formula is C27H25NO4. The van der Waals surface area contributed by atoms with Crippen molar-refractivity contribution < 1.29 is 18.9 Å². The Bertz CT molecular complexity index is 1110. The van der Waals surface area contributed by atoms with Gasteiger partial charge in [-0.3, -0.25) is 4.98 Å². The maximum absolute atomic E-state index is 5.69. The Labute approximate surface area is 188 Å². The first-order valence-corrected chi connectivity index (χ1v) is 10.4. The summed E-state index contributed by atoms with van der Waals surface area (Å²) in [4.78, 5) is 4.61. The van der Waals surface area contributed by atoms with E-state index >= 15 is 0 Å². The molecule has 0 aliphatic rings. The van der Waals surface area contributed by atoms with E-state index in [0.717, 1.165) is 45.4 Å². The molecule has 0 aliphatic carbocycles. The van der Waals surface area contributed by atoms with Gasteiger partial charge in [-0.25, -0.2) is 0 Å². The predicted octanol–water partition coefficient (Wildman–Crippen LogP) is 6.24. The van der Waals surface area contributed by atoms with E-state index in [4.69, 9.17) is 18.9 Å². The zero-order valence-corrected chi connectivity index (χ0v) is 18.2. The van der Waals surface area contributed by atoms with Crippen molar-refractivity contribution in [3.8, 4) is 45.4 Å². The summed E-state index contributed by atoms with van der Waals surface area (Å²) in [5.41, 5.74) is 4.08. The Kier molecular flexibility index (Phi) is 6.88. The lowest BCUT2D eigenvalue weighted by Crippen LogP contribution is -2.05. The van der Waals surface area contributed by atoms with Gasteiger partial charge in [0.1, 0.15) is 23.0 Å². The standard InChI is InChI=1S/C27H25NO4/c1-3-30-24-13-15-26(16-14-24)32-19-31-25-11-6-21(7-12-25)27-17-8-22(18-28-27)20-4-9-23(29-2)10-5-20/h4-18H,3,19H2,1-2H3. The minimum Gasteiger partial charge on any atom is -0.497 e. The van der Waals surface area contributed by atoms with Gasteiger partial charge in [-0.15, -0.1) is 0 Å². The maximum Gasteiger partial charge on any atom is 0.230 e. The molecule has 0 fully saturated rings. The molecule has 4 aromatic rings. The average molecular weight is 428 g/mol. The molecule has 0 spiro atoms. The number of hydrogen-bond donors (Lipinski definition) is 0. The number of hydrogen-bond acceptors (Lipinski definition) is 5. The Balaban J connectivity index is 1.32. The lowest BCUT2D eigenvalue weighted by Gasteiger charge is -2.10. The molecule has 0 saturated heterocycles. The van der Waals surface area contributed by atoms with E-state index in [2.05, 4.69) is 11.1 Å². The summed E-state index contributed by atoms with van der Waals surface area (Å²) < 4.78 is 22.0. The highest BCUT2D eigenvalue weighted by Crippen LogP contribution is 2.26. The highest BCUT2D eigenvalue weighted by atomic mass is 16.7. The number of methoxy groups -OCH3 is 1.